The highest BCUT2D eigenvalue weighted by Crippen LogP contribution is 2.45. The van der Waals surface area contributed by atoms with Crippen molar-refractivity contribution in [2.75, 3.05) is 33.8 Å². The standard InChI is InChI=1S/C36H54N6O8/c1-9-13-25(29(44)32(46)37-18-26(43)39-27(33(47)41(7)8)22-14-11-10-12-15-22)38-31(45)28-24-17-16-23(24)19-42(28)34(48)30(36(4,5)6)40-35(49)50-20-21(2)3/h10-12,14-15,21,23-25,27-28,30H,9,13,16-20H2,1-8H3,(H,37,46)(H,38,45)(H,39,43)(H,40,49)/t23-,24?,25-,27-,28-,30+/m0/s1. The highest BCUT2D eigenvalue weighted by Gasteiger charge is 2.54. The van der Waals surface area contributed by atoms with Crippen LogP contribution in [0.25, 0.3) is 0 Å². The SMILES string of the molecule is CCC[C@H](NC(=O)[C@@H]1C2CC[C@H]2CN1C(=O)[C@@H](NC(=O)OCC(C)C)C(C)(C)C)C(=O)C(=O)NCC(=O)N[C@H](C(=O)N(C)C)c1ccccc1. The van der Waals surface area contributed by atoms with Gasteiger partial charge in [-0.3, -0.25) is 28.8 Å². The molecule has 14 nitrogen and oxygen atoms in total. The van der Waals surface area contributed by atoms with Gasteiger partial charge in [-0.2, -0.15) is 0 Å². The van der Waals surface area contributed by atoms with Gasteiger partial charge in [0.1, 0.15) is 18.1 Å². The van der Waals surface area contributed by atoms with Crippen LogP contribution in [-0.4, -0.2) is 103 Å². The van der Waals surface area contributed by atoms with Gasteiger partial charge in [0.25, 0.3) is 5.91 Å². The number of ether oxygens (including phenoxy) is 1. The third kappa shape index (κ3) is 10.3. The molecule has 1 aliphatic heterocycles. The molecule has 0 aromatic heterocycles. The number of likely N-dealkylation sites (N-methyl/N-ethyl adjacent to an activating group) is 1. The second-order valence-electron chi connectivity index (χ2n) is 14.9. The van der Waals surface area contributed by atoms with E-state index >= 15 is 0 Å². The monoisotopic (exact) mass is 698 g/mol. The Bertz CT molecular complexity index is 1410. The summed E-state index contributed by atoms with van der Waals surface area (Å²) in [5, 5.41) is 10.4. The second kappa shape index (κ2) is 17.4. The fourth-order valence-electron chi connectivity index (χ4n) is 6.24. The maximum Gasteiger partial charge on any atom is 0.407 e. The summed E-state index contributed by atoms with van der Waals surface area (Å²) >= 11 is 0. The number of nitrogens with zero attached hydrogens (tertiary/aromatic N) is 2. The van der Waals surface area contributed by atoms with Gasteiger partial charge in [0, 0.05) is 20.6 Å². The number of hydrogen-bond donors (Lipinski definition) is 4. The largest absolute Gasteiger partial charge is 0.449 e. The van der Waals surface area contributed by atoms with E-state index < -0.39 is 71.6 Å². The number of carbonyl (C=O) groups is 7. The van der Waals surface area contributed by atoms with E-state index in [1.54, 1.807) is 51.4 Å². The summed E-state index contributed by atoms with van der Waals surface area (Å²) in [5.41, 5.74) is -0.154. The molecule has 3 rings (SSSR count). The molecule has 1 aliphatic carbocycles. The van der Waals surface area contributed by atoms with Crippen molar-refractivity contribution in [2.45, 2.75) is 91.4 Å². The second-order valence-corrected chi connectivity index (χ2v) is 14.9. The van der Waals surface area contributed by atoms with Crippen LogP contribution in [0.15, 0.2) is 30.3 Å². The summed E-state index contributed by atoms with van der Waals surface area (Å²) in [4.78, 5) is 95.2. The van der Waals surface area contributed by atoms with Crippen molar-refractivity contribution in [2.24, 2.45) is 23.2 Å². The molecular formula is C36H54N6O8. The van der Waals surface area contributed by atoms with Crippen LogP contribution < -0.4 is 21.3 Å². The summed E-state index contributed by atoms with van der Waals surface area (Å²) in [6.07, 6.45) is 1.46. The van der Waals surface area contributed by atoms with Crippen molar-refractivity contribution >= 4 is 41.4 Å². The maximum absolute atomic E-state index is 14.0. The first-order valence-corrected chi connectivity index (χ1v) is 17.4. The third-order valence-corrected chi connectivity index (χ3v) is 9.09. The molecule has 50 heavy (non-hydrogen) atoms. The molecule has 2 aliphatic rings. The third-order valence-electron chi connectivity index (χ3n) is 9.09. The highest BCUT2D eigenvalue weighted by molar-refractivity contribution is 6.38. The van der Waals surface area contributed by atoms with Crippen molar-refractivity contribution in [1.29, 1.82) is 0 Å². The van der Waals surface area contributed by atoms with E-state index in [2.05, 4.69) is 21.3 Å². The van der Waals surface area contributed by atoms with E-state index in [1.165, 1.54) is 9.80 Å². The number of carbonyl (C=O) groups excluding carboxylic acids is 7. The Labute approximate surface area is 294 Å². The van der Waals surface area contributed by atoms with E-state index in [0.717, 1.165) is 12.8 Å². The molecular weight excluding hydrogens is 644 g/mol. The van der Waals surface area contributed by atoms with E-state index in [9.17, 15) is 33.6 Å². The lowest BCUT2D eigenvalue weighted by molar-refractivity contribution is -0.144. The lowest BCUT2D eigenvalue weighted by atomic mass is 9.73. The summed E-state index contributed by atoms with van der Waals surface area (Å²) in [6.45, 7) is 11.0. The van der Waals surface area contributed by atoms with Gasteiger partial charge in [-0.1, -0.05) is 78.3 Å². The van der Waals surface area contributed by atoms with Gasteiger partial charge >= 0.3 is 6.09 Å². The molecule has 1 unspecified atom stereocenters. The van der Waals surface area contributed by atoms with Crippen LogP contribution in [0.5, 0.6) is 0 Å². The normalized spacial score (nSPS) is 19.9. The molecule has 14 heteroatoms. The van der Waals surface area contributed by atoms with Gasteiger partial charge in [0.05, 0.1) is 19.2 Å². The molecule has 6 amide bonds. The first kappa shape index (κ1) is 39.9. The lowest BCUT2D eigenvalue weighted by Gasteiger charge is -2.37. The number of nitrogens with one attached hydrogen (secondary N) is 4. The number of fused-ring (bicyclic) bond motifs is 1. The van der Waals surface area contributed by atoms with Crippen LogP contribution in [0.2, 0.25) is 0 Å². The summed E-state index contributed by atoms with van der Waals surface area (Å²) in [7, 11) is 3.12. The van der Waals surface area contributed by atoms with Gasteiger partial charge in [0.2, 0.25) is 29.4 Å². The molecule has 0 bridgehead atoms. The fourth-order valence-corrected chi connectivity index (χ4v) is 6.24. The number of alkyl carbamates (subject to hydrolysis) is 1. The molecule has 1 aromatic carbocycles. The van der Waals surface area contributed by atoms with Crippen molar-refractivity contribution in [3.05, 3.63) is 35.9 Å². The van der Waals surface area contributed by atoms with Crippen molar-refractivity contribution < 1.29 is 38.3 Å². The van der Waals surface area contributed by atoms with Crippen LogP contribution in [0.1, 0.15) is 78.8 Å². The minimum Gasteiger partial charge on any atom is -0.449 e. The zero-order valence-electron chi connectivity index (χ0n) is 30.5. The van der Waals surface area contributed by atoms with Crippen molar-refractivity contribution in [1.82, 2.24) is 31.1 Å². The van der Waals surface area contributed by atoms with Gasteiger partial charge in [-0.25, -0.2) is 4.79 Å². The smallest absolute Gasteiger partial charge is 0.407 e. The lowest BCUT2D eigenvalue weighted by Crippen LogP contribution is -2.60. The Balaban J connectivity index is 1.69. The minimum absolute atomic E-state index is 0.101. The molecule has 4 N–H and O–H groups in total. The van der Waals surface area contributed by atoms with E-state index in [-0.39, 0.29) is 36.7 Å². The van der Waals surface area contributed by atoms with E-state index in [4.69, 9.17) is 4.74 Å². The zero-order valence-corrected chi connectivity index (χ0v) is 30.5. The van der Waals surface area contributed by atoms with Crippen LogP contribution in [0.3, 0.4) is 0 Å². The Morgan fingerprint density at radius 3 is 2.16 bits per heavy atom. The molecule has 276 valence electrons. The van der Waals surface area contributed by atoms with Crippen LogP contribution in [-0.2, 0) is 33.5 Å². The molecule has 2 fully saturated rings. The van der Waals surface area contributed by atoms with Gasteiger partial charge < -0.3 is 35.8 Å². The number of rotatable bonds is 15. The predicted molar refractivity (Wildman–Crippen MR) is 185 cm³/mol. The Morgan fingerprint density at radius 1 is 0.960 bits per heavy atom. The molecule has 1 aromatic rings. The molecule has 1 saturated heterocycles. The van der Waals surface area contributed by atoms with Gasteiger partial charge in [0.15, 0.2) is 0 Å². The van der Waals surface area contributed by atoms with Crippen molar-refractivity contribution in [3.8, 4) is 0 Å². The molecule has 6 atom stereocenters. The van der Waals surface area contributed by atoms with Crippen LogP contribution in [0, 0.1) is 23.2 Å². The van der Waals surface area contributed by atoms with Crippen LogP contribution >= 0.6 is 0 Å². The molecule has 0 spiro atoms. The number of amides is 6. The summed E-state index contributed by atoms with van der Waals surface area (Å²) < 4.78 is 5.28. The topological polar surface area (TPSA) is 183 Å². The summed E-state index contributed by atoms with van der Waals surface area (Å²) in [6, 6.07) is 4.58. The van der Waals surface area contributed by atoms with Gasteiger partial charge in [-0.15, -0.1) is 0 Å². The Kier molecular flexibility index (Phi) is 13.9. The van der Waals surface area contributed by atoms with Gasteiger partial charge in [-0.05, 0) is 48.0 Å². The predicted octanol–water partition coefficient (Wildman–Crippen LogP) is 1.94. The molecule has 1 heterocycles. The van der Waals surface area contributed by atoms with Crippen LogP contribution in [0.4, 0.5) is 4.79 Å². The Hall–Kier alpha value is -4.49. The first-order valence-electron chi connectivity index (χ1n) is 17.4. The average molecular weight is 699 g/mol. The average Bonchev–Trinajstić information content (AvgIpc) is 3.31. The quantitative estimate of drug-likeness (QED) is 0.200. The number of ketones is 1. The summed E-state index contributed by atoms with van der Waals surface area (Å²) in [5.74, 6) is -3.93. The number of benzene rings is 1. The maximum atomic E-state index is 14.0. The van der Waals surface area contributed by atoms with E-state index in [1.807, 2.05) is 34.6 Å². The molecule has 1 saturated carbocycles. The van der Waals surface area contributed by atoms with E-state index in [0.29, 0.717) is 18.5 Å². The number of likely N-dealkylation sites (tertiary alicyclic amines) is 1. The number of Topliss-reactive ketones (excluding diaryl/α,β-unsaturated/α-hetero) is 1. The van der Waals surface area contributed by atoms with Crippen molar-refractivity contribution in [3.63, 3.8) is 0 Å². The highest BCUT2D eigenvalue weighted by atomic mass is 16.5. The first-order chi connectivity index (χ1) is 23.5. The minimum atomic E-state index is -1.19. The number of hydrogen-bond acceptors (Lipinski definition) is 8. The molecule has 0 radical (unpaired) electrons. The Morgan fingerprint density at radius 2 is 1.62 bits per heavy atom. The fraction of sp³-hybridized carbons (Fsp3) is 0.639. The zero-order chi connectivity index (χ0) is 37.3.